The molecule has 2 aromatic rings. The van der Waals surface area contributed by atoms with Crippen molar-refractivity contribution in [3.63, 3.8) is 0 Å². The molecule has 7 heteroatoms. The number of sulfone groups is 1. The molecule has 0 aliphatic carbocycles. The Bertz CT molecular complexity index is 946. The maximum absolute atomic E-state index is 13.1. The molecule has 2 aromatic carbocycles. The summed E-state index contributed by atoms with van der Waals surface area (Å²) in [5.41, 5.74) is 0.581. The zero-order valence-corrected chi connectivity index (χ0v) is 14.0. The summed E-state index contributed by atoms with van der Waals surface area (Å²) < 4.78 is 35.5. The zero-order chi connectivity index (χ0) is 18.0. The van der Waals surface area contributed by atoms with E-state index in [1.54, 1.807) is 48.5 Å². The van der Waals surface area contributed by atoms with Crippen molar-refractivity contribution in [2.75, 3.05) is 7.11 Å². The first kappa shape index (κ1) is 16.9. The average Bonchev–Trinajstić information content (AvgIpc) is 2.81. The van der Waals surface area contributed by atoms with Gasteiger partial charge in [-0.05, 0) is 11.1 Å². The van der Waals surface area contributed by atoms with Crippen molar-refractivity contribution in [2.45, 2.75) is 5.25 Å². The first-order chi connectivity index (χ1) is 12.0. The molecular weight excluding hydrogens is 344 g/mol. The monoisotopic (exact) mass is 358 g/mol. The number of Topliss-reactive ketones (excluding diaryl/α,β-unsaturated/α-hetero) is 1. The van der Waals surface area contributed by atoms with Crippen LogP contribution in [0.2, 0.25) is 0 Å². The molecule has 0 saturated heterocycles. The van der Waals surface area contributed by atoms with Gasteiger partial charge in [0.1, 0.15) is 4.91 Å². The fourth-order valence-electron chi connectivity index (χ4n) is 2.68. The van der Waals surface area contributed by atoms with Gasteiger partial charge in [0.15, 0.2) is 20.8 Å². The van der Waals surface area contributed by atoms with Crippen LogP contribution in [-0.2, 0) is 24.1 Å². The molecule has 1 heterocycles. The Labute approximate surface area is 144 Å². The summed E-state index contributed by atoms with van der Waals surface area (Å²) >= 11 is 0. The molecule has 25 heavy (non-hydrogen) atoms. The third-order valence-electron chi connectivity index (χ3n) is 3.75. The quantitative estimate of drug-likeness (QED) is 0.784. The van der Waals surface area contributed by atoms with Crippen molar-refractivity contribution in [1.29, 1.82) is 0 Å². The van der Waals surface area contributed by atoms with Crippen LogP contribution in [0.5, 0.6) is 0 Å². The summed E-state index contributed by atoms with van der Waals surface area (Å²) in [6.45, 7) is 0. The molecule has 6 nitrogen and oxygen atoms in total. The van der Waals surface area contributed by atoms with Gasteiger partial charge in [-0.3, -0.25) is 4.79 Å². The minimum atomic E-state index is -4.09. The van der Waals surface area contributed by atoms with Gasteiger partial charge < -0.3 is 9.47 Å². The van der Waals surface area contributed by atoms with E-state index in [1.807, 2.05) is 0 Å². The predicted molar refractivity (Wildman–Crippen MR) is 90.0 cm³/mol. The lowest BCUT2D eigenvalue weighted by molar-refractivity contribution is -0.117. The Morgan fingerprint density at radius 2 is 1.52 bits per heavy atom. The molecule has 1 aliphatic rings. The Balaban J connectivity index is 2.21. The van der Waals surface area contributed by atoms with Crippen LogP contribution in [0.3, 0.4) is 0 Å². The molecule has 0 saturated carbocycles. The van der Waals surface area contributed by atoms with Crippen molar-refractivity contribution in [3.05, 3.63) is 77.5 Å². The Kier molecular flexibility index (Phi) is 4.41. The van der Waals surface area contributed by atoms with Gasteiger partial charge in [-0.1, -0.05) is 60.7 Å². The third kappa shape index (κ3) is 2.94. The standard InChI is InChI=1S/C18H14O6S/c1-23-18(20)24-15-14(19)16(12-8-4-2-5-9-12)25(21,22)17(15)13-10-6-3-7-11-13/h2-11,16H,1H3. The summed E-state index contributed by atoms with van der Waals surface area (Å²) in [6.07, 6.45) is -1.15. The first-order valence-corrected chi connectivity index (χ1v) is 8.90. The number of hydrogen-bond donors (Lipinski definition) is 0. The lowest BCUT2D eigenvalue weighted by atomic mass is 10.1. The number of ether oxygens (including phenoxy) is 2. The number of carbonyl (C=O) groups is 2. The second-order valence-corrected chi connectivity index (χ2v) is 7.25. The molecule has 0 bridgehead atoms. The van der Waals surface area contributed by atoms with Gasteiger partial charge in [0, 0.05) is 0 Å². The van der Waals surface area contributed by atoms with E-state index in [4.69, 9.17) is 4.74 Å². The van der Waals surface area contributed by atoms with Gasteiger partial charge in [-0.25, -0.2) is 13.2 Å². The third-order valence-corrected chi connectivity index (χ3v) is 5.85. The molecule has 1 atom stereocenters. The van der Waals surface area contributed by atoms with Crippen molar-refractivity contribution in [3.8, 4) is 0 Å². The summed E-state index contributed by atoms with van der Waals surface area (Å²) in [4.78, 5) is 24.0. The molecule has 1 unspecified atom stereocenters. The number of methoxy groups -OCH3 is 1. The molecule has 1 aliphatic heterocycles. The number of carbonyl (C=O) groups excluding carboxylic acids is 2. The van der Waals surface area contributed by atoms with Crippen molar-refractivity contribution < 1.29 is 27.5 Å². The number of benzene rings is 2. The molecule has 0 N–H and O–H groups in total. The fraction of sp³-hybridized carbons (Fsp3) is 0.111. The van der Waals surface area contributed by atoms with Crippen LogP contribution < -0.4 is 0 Å². The molecule has 0 spiro atoms. The van der Waals surface area contributed by atoms with E-state index in [9.17, 15) is 18.0 Å². The van der Waals surface area contributed by atoms with Crippen LogP contribution in [0.4, 0.5) is 4.79 Å². The summed E-state index contributed by atoms with van der Waals surface area (Å²) in [5, 5.41) is -1.46. The predicted octanol–water partition coefficient (Wildman–Crippen LogP) is 2.88. The van der Waals surface area contributed by atoms with Gasteiger partial charge >= 0.3 is 6.16 Å². The van der Waals surface area contributed by atoms with E-state index in [0.717, 1.165) is 7.11 Å². The van der Waals surface area contributed by atoms with Crippen molar-refractivity contribution in [1.82, 2.24) is 0 Å². The van der Waals surface area contributed by atoms with Crippen LogP contribution in [0.25, 0.3) is 4.91 Å². The molecule has 128 valence electrons. The van der Waals surface area contributed by atoms with Crippen LogP contribution >= 0.6 is 0 Å². The largest absolute Gasteiger partial charge is 0.513 e. The Hall–Kier alpha value is -2.93. The average molecular weight is 358 g/mol. The smallest absolute Gasteiger partial charge is 0.437 e. The summed E-state index contributed by atoms with van der Waals surface area (Å²) in [5.74, 6) is -1.32. The lowest BCUT2D eigenvalue weighted by Gasteiger charge is -2.10. The van der Waals surface area contributed by atoms with Gasteiger partial charge in [-0.15, -0.1) is 0 Å². The molecule has 0 fully saturated rings. The fourth-order valence-corrected chi connectivity index (χ4v) is 4.69. The number of rotatable bonds is 3. The summed E-state index contributed by atoms with van der Waals surface area (Å²) in [6, 6.07) is 16.1. The molecule has 3 rings (SSSR count). The van der Waals surface area contributed by atoms with Crippen LogP contribution in [0.1, 0.15) is 16.4 Å². The maximum Gasteiger partial charge on any atom is 0.513 e. The van der Waals surface area contributed by atoms with Crippen molar-refractivity contribution in [2.24, 2.45) is 0 Å². The van der Waals surface area contributed by atoms with E-state index in [2.05, 4.69) is 4.74 Å². The normalized spacial score (nSPS) is 18.9. The Morgan fingerprint density at radius 1 is 0.960 bits per heavy atom. The van der Waals surface area contributed by atoms with Crippen LogP contribution in [-0.4, -0.2) is 27.5 Å². The summed E-state index contributed by atoms with van der Waals surface area (Å²) in [7, 11) is -3.01. The number of hydrogen-bond acceptors (Lipinski definition) is 6. The van der Waals surface area contributed by atoms with E-state index >= 15 is 0 Å². The topological polar surface area (TPSA) is 86.7 Å². The second kappa shape index (κ2) is 6.52. The first-order valence-electron chi connectivity index (χ1n) is 7.35. The zero-order valence-electron chi connectivity index (χ0n) is 13.2. The maximum atomic E-state index is 13.1. The lowest BCUT2D eigenvalue weighted by Crippen LogP contribution is -2.17. The SMILES string of the molecule is COC(=O)OC1=C(c2ccccc2)S(=O)(=O)C(c2ccccc2)C1=O. The van der Waals surface area contributed by atoms with Gasteiger partial charge in [0.25, 0.3) is 0 Å². The van der Waals surface area contributed by atoms with E-state index in [0.29, 0.717) is 5.56 Å². The highest BCUT2D eigenvalue weighted by Crippen LogP contribution is 2.44. The van der Waals surface area contributed by atoms with Gasteiger partial charge in [-0.2, -0.15) is 0 Å². The van der Waals surface area contributed by atoms with Gasteiger partial charge in [0.05, 0.1) is 7.11 Å². The molecular formula is C18H14O6S. The number of ketones is 1. The Morgan fingerprint density at radius 3 is 2.08 bits per heavy atom. The minimum Gasteiger partial charge on any atom is -0.437 e. The van der Waals surface area contributed by atoms with Gasteiger partial charge in [0.2, 0.25) is 5.78 Å². The van der Waals surface area contributed by atoms with E-state index < -0.39 is 32.8 Å². The second-order valence-electron chi connectivity index (χ2n) is 5.28. The van der Waals surface area contributed by atoms with Crippen LogP contribution in [0, 0.1) is 0 Å². The van der Waals surface area contributed by atoms with Crippen LogP contribution in [0.15, 0.2) is 66.4 Å². The minimum absolute atomic E-state index is 0.271. The highest BCUT2D eigenvalue weighted by atomic mass is 32.2. The molecule has 0 amide bonds. The van der Waals surface area contributed by atoms with E-state index in [-0.39, 0.29) is 10.5 Å². The highest BCUT2D eigenvalue weighted by Gasteiger charge is 2.50. The highest BCUT2D eigenvalue weighted by molar-refractivity contribution is 8.02. The molecule has 0 radical (unpaired) electrons. The number of allylic oxidation sites excluding steroid dienone is 1. The van der Waals surface area contributed by atoms with E-state index in [1.165, 1.54) is 12.1 Å². The van der Waals surface area contributed by atoms with Crippen molar-refractivity contribution >= 4 is 26.7 Å². The molecule has 0 aromatic heterocycles.